The maximum Gasteiger partial charge on any atom is 0.00558 e. The van der Waals surface area contributed by atoms with E-state index < -0.39 is 0 Å². The molecule has 0 saturated heterocycles. The minimum Gasteiger partial charge on any atom is -0.328 e. The molecule has 0 aromatic heterocycles. The van der Waals surface area contributed by atoms with Gasteiger partial charge in [-0.05, 0) is 37.3 Å². The third-order valence-corrected chi connectivity index (χ3v) is 3.15. The van der Waals surface area contributed by atoms with E-state index in [0.717, 1.165) is 31.8 Å². The Morgan fingerprint density at radius 1 is 1.12 bits per heavy atom. The van der Waals surface area contributed by atoms with E-state index >= 15 is 0 Å². The van der Waals surface area contributed by atoms with Gasteiger partial charge in [0, 0.05) is 6.04 Å². The molecule has 0 rings (SSSR count). The molecule has 0 aliphatic carbocycles. The SMILES string of the molecule is CCC(CC)CNCCC(N)CC(C)(C)C. The molecule has 0 bridgehead atoms. The fourth-order valence-corrected chi connectivity index (χ4v) is 2.06. The van der Waals surface area contributed by atoms with E-state index in [2.05, 4.69) is 39.9 Å². The molecule has 0 saturated carbocycles. The van der Waals surface area contributed by atoms with Gasteiger partial charge in [-0.3, -0.25) is 0 Å². The quantitative estimate of drug-likeness (QED) is 0.626. The van der Waals surface area contributed by atoms with Crippen LogP contribution in [0.3, 0.4) is 0 Å². The lowest BCUT2D eigenvalue weighted by Crippen LogP contribution is -2.32. The Morgan fingerprint density at radius 3 is 2.12 bits per heavy atom. The van der Waals surface area contributed by atoms with E-state index in [4.69, 9.17) is 5.73 Å². The summed E-state index contributed by atoms with van der Waals surface area (Å²) in [4.78, 5) is 0. The van der Waals surface area contributed by atoms with Crippen LogP contribution in [-0.2, 0) is 0 Å². The number of hydrogen-bond acceptors (Lipinski definition) is 2. The molecule has 1 atom stereocenters. The van der Waals surface area contributed by atoms with Crippen LogP contribution in [0.1, 0.15) is 60.3 Å². The lowest BCUT2D eigenvalue weighted by atomic mass is 9.87. The van der Waals surface area contributed by atoms with Crippen LogP contribution < -0.4 is 11.1 Å². The van der Waals surface area contributed by atoms with Crippen molar-refractivity contribution in [2.75, 3.05) is 13.1 Å². The van der Waals surface area contributed by atoms with Gasteiger partial charge >= 0.3 is 0 Å². The summed E-state index contributed by atoms with van der Waals surface area (Å²) in [6.45, 7) is 13.5. The van der Waals surface area contributed by atoms with Crippen molar-refractivity contribution in [1.82, 2.24) is 5.32 Å². The monoisotopic (exact) mass is 228 g/mol. The lowest BCUT2D eigenvalue weighted by molar-refractivity contribution is 0.326. The molecule has 0 aliphatic rings. The maximum atomic E-state index is 6.10. The largest absolute Gasteiger partial charge is 0.328 e. The fraction of sp³-hybridized carbons (Fsp3) is 1.00. The van der Waals surface area contributed by atoms with Gasteiger partial charge in [-0.25, -0.2) is 0 Å². The molecule has 16 heavy (non-hydrogen) atoms. The van der Waals surface area contributed by atoms with E-state index in [1.165, 1.54) is 12.8 Å². The van der Waals surface area contributed by atoms with Crippen LogP contribution in [0.25, 0.3) is 0 Å². The van der Waals surface area contributed by atoms with E-state index in [9.17, 15) is 0 Å². The van der Waals surface area contributed by atoms with Crippen LogP contribution in [0.5, 0.6) is 0 Å². The van der Waals surface area contributed by atoms with Crippen LogP contribution >= 0.6 is 0 Å². The average molecular weight is 228 g/mol. The first-order chi connectivity index (χ1) is 7.39. The minimum absolute atomic E-state index is 0.342. The van der Waals surface area contributed by atoms with Crippen LogP contribution in [0, 0.1) is 11.3 Å². The van der Waals surface area contributed by atoms with Crippen molar-refractivity contribution in [1.29, 1.82) is 0 Å². The number of nitrogens with two attached hydrogens (primary N) is 1. The van der Waals surface area contributed by atoms with Crippen molar-refractivity contribution in [3.8, 4) is 0 Å². The molecule has 98 valence electrons. The first-order valence-electron chi connectivity index (χ1n) is 6.85. The molecule has 0 aromatic rings. The highest BCUT2D eigenvalue weighted by atomic mass is 14.9. The van der Waals surface area contributed by atoms with Gasteiger partial charge in [-0.1, -0.05) is 47.5 Å². The third kappa shape index (κ3) is 9.17. The van der Waals surface area contributed by atoms with Gasteiger partial charge in [0.2, 0.25) is 0 Å². The summed E-state index contributed by atoms with van der Waals surface area (Å²) >= 11 is 0. The molecule has 0 heterocycles. The van der Waals surface area contributed by atoms with Crippen molar-refractivity contribution in [2.24, 2.45) is 17.1 Å². The summed E-state index contributed by atoms with van der Waals surface area (Å²) in [5.74, 6) is 0.832. The highest BCUT2D eigenvalue weighted by molar-refractivity contribution is 4.72. The van der Waals surface area contributed by atoms with E-state index in [0.29, 0.717) is 11.5 Å². The third-order valence-electron chi connectivity index (χ3n) is 3.15. The molecule has 0 aliphatic heterocycles. The second kappa shape index (κ2) is 8.08. The average Bonchev–Trinajstić information content (AvgIpc) is 2.15. The molecule has 0 radical (unpaired) electrons. The van der Waals surface area contributed by atoms with E-state index in [1.54, 1.807) is 0 Å². The van der Waals surface area contributed by atoms with Gasteiger partial charge in [0.05, 0.1) is 0 Å². The minimum atomic E-state index is 0.342. The molecule has 0 amide bonds. The van der Waals surface area contributed by atoms with Gasteiger partial charge < -0.3 is 11.1 Å². The molecule has 3 N–H and O–H groups in total. The van der Waals surface area contributed by atoms with Gasteiger partial charge in [-0.2, -0.15) is 0 Å². The Hall–Kier alpha value is -0.0800. The number of rotatable bonds is 8. The van der Waals surface area contributed by atoms with Crippen LogP contribution in [0.4, 0.5) is 0 Å². The topological polar surface area (TPSA) is 38.0 Å². The summed E-state index contributed by atoms with van der Waals surface area (Å²) in [5.41, 5.74) is 6.46. The van der Waals surface area contributed by atoms with Gasteiger partial charge in [0.25, 0.3) is 0 Å². The molecule has 2 heteroatoms. The van der Waals surface area contributed by atoms with Crippen molar-refractivity contribution in [3.05, 3.63) is 0 Å². The predicted molar refractivity (Wildman–Crippen MR) is 73.6 cm³/mol. The smallest absolute Gasteiger partial charge is 0.00558 e. The standard InChI is InChI=1S/C14H32N2/c1-6-12(7-2)11-16-9-8-13(15)10-14(3,4)5/h12-13,16H,6-11,15H2,1-5H3. The zero-order valence-electron chi connectivity index (χ0n) is 12.0. The van der Waals surface area contributed by atoms with E-state index in [1.807, 2.05) is 0 Å². The van der Waals surface area contributed by atoms with Crippen molar-refractivity contribution in [3.63, 3.8) is 0 Å². The van der Waals surface area contributed by atoms with Crippen molar-refractivity contribution >= 4 is 0 Å². The Balaban J connectivity index is 3.51. The summed E-state index contributed by atoms with van der Waals surface area (Å²) < 4.78 is 0. The van der Waals surface area contributed by atoms with Crippen LogP contribution in [0.2, 0.25) is 0 Å². The summed E-state index contributed by atoms with van der Waals surface area (Å²) in [6, 6.07) is 0.342. The Kier molecular flexibility index (Phi) is 8.04. The normalized spacial score (nSPS) is 14.4. The van der Waals surface area contributed by atoms with Crippen molar-refractivity contribution < 1.29 is 0 Å². The predicted octanol–water partition coefficient (Wildman–Crippen LogP) is 3.17. The molecule has 0 aromatic carbocycles. The summed E-state index contributed by atoms with van der Waals surface area (Å²) in [6.07, 6.45) is 4.76. The zero-order valence-corrected chi connectivity index (χ0v) is 12.0. The molecule has 0 fully saturated rings. The highest BCUT2D eigenvalue weighted by Gasteiger charge is 2.15. The van der Waals surface area contributed by atoms with Crippen molar-refractivity contribution in [2.45, 2.75) is 66.3 Å². The van der Waals surface area contributed by atoms with E-state index in [-0.39, 0.29) is 0 Å². The maximum absolute atomic E-state index is 6.10. The first kappa shape index (κ1) is 15.9. The second-order valence-corrected chi connectivity index (χ2v) is 6.20. The Labute approximate surface area is 102 Å². The fourth-order valence-electron chi connectivity index (χ4n) is 2.06. The summed E-state index contributed by atoms with van der Waals surface area (Å²) in [7, 11) is 0. The Morgan fingerprint density at radius 2 is 1.69 bits per heavy atom. The second-order valence-electron chi connectivity index (χ2n) is 6.20. The molecular formula is C14H32N2. The highest BCUT2D eigenvalue weighted by Crippen LogP contribution is 2.20. The van der Waals surface area contributed by atoms with Crippen LogP contribution in [-0.4, -0.2) is 19.1 Å². The number of hydrogen-bond donors (Lipinski definition) is 2. The zero-order chi connectivity index (χ0) is 12.6. The number of nitrogens with one attached hydrogen (secondary N) is 1. The molecule has 0 spiro atoms. The van der Waals surface area contributed by atoms with Gasteiger partial charge in [-0.15, -0.1) is 0 Å². The van der Waals surface area contributed by atoms with Crippen LogP contribution in [0.15, 0.2) is 0 Å². The lowest BCUT2D eigenvalue weighted by Gasteiger charge is -2.23. The Bertz CT molecular complexity index is 157. The first-order valence-corrected chi connectivity index (χ1v) is 6.85. The van der Waals surface area contributed by atoms with Gasteiger partial charge in [0.1, 0.15) is 0 Å². The molecular weight excluding hydrogens is 196 g/mol. The molecule has 2 nitrogen and oxygen atoms in total. The summed E-state index contributed by atoms with van der Waals surface area (Å²) in [5, 5.41) is 3.52. The van der Waals surface area contributed by atoms with Gasteiger partial charge in [0.15, 0.2) is 0 Å². The molecule has 1 unspecified atom stereocenters.